The van der Waals surface area contributed by atoms with Crippen molar-refractivity contribution in [3.05, 3.63) is 157 Å². The van der Waals surface area contributed by atoms with Crippen molar-refractivity contribution < 1.29 is 18.8 Å². The van der Waals surface area contributed by atoms with Crippen LogP contribution in [0, 0.1) is 0 Å². The number of amides is 3. The van der Waals surface area contributed by atoms with Crippen LogP contribution in [0.5, 0.6) is 0 Å². The van der Waals surface area contributed by atoms with Gasteiger partial charge in [0.2, 0.25) is 17.3 Å². The molecule has 0 bridgehead atoms. The van der Waals surface area contributed by atoms with Gasteiger partial charge in [0, 0.05) is 39.4 Å². The molecule has 11 rings (SSSR count). The van der Waals surface area contributed by atoms with E-state index in [1.807, 2.05) is 126 Å². The van der Waals surface area contributed by atoms with E-state index in [4.69, 9.17) is 0 Å². The van der Waals surface area contributed by atoms with Gasteiger partial charge in [0.15, 0.2) is 32.9 Å². The number of carbonyl (C=O) groups is 3. The molecule has 394 valence electrons. The molecule has 78 heavy (non-hydrogen) atoms. The number of halogens is 1. The number of carbonyl (C=O) groups excluding carboxylic acids is 3. The second-order valence-electron chi connectivity index (χ2n) is 18.1. The lowest BCUT2D eigenvalue weighted by molar-refractivity contribution is -0.118. The first-order valence-corrected chi connectivity index (χ1v) is 30.4. The van der Waals surface area contributed by atoms with Crippen molar-refractivity contribution in [2.45, 2.75) is 72.7 Å². The maximum atomic E-state index is 15.6. The Labute approximate surface area is 473 Å². The van der Waals surface area contributed by atoms with E-state index in [-0.39, 0.29) is 34.5 Å². The molecule has 1 aliphatic rings. The number of hydrogen-bond donors (Lipinski definition) is 3. The number of nitrogens with one attached hydrogen (secondary N) is 3. The summed E-state index contributed by atoms with van der Waals surface area (Å²) in [6.07, 6.45) is 3.04. The van der Waals surface area contributed by atoms with E-state index in [1.54, 1.807) is 46.9 Å². The summed E-state index contributed by atoms with van der Waals surface area (Å²) >= 11 is 8.22. The van der Waals surface area contributed by atoms with Gasteiger partial charge in [-0.05, 0) is 127 Å². The Morgan fingerprint density at radius 1 is 0.590 bits per heavy atom. The standard InChI is InChI=1S/C56H49FN12O3S6/c1-3-30-67-50(45-28-26-42(76-45)36-16-20-40(21-17-36)59-48(71)33-75-55-65-62-51(44-15-10-31-73-44)69(55)41-24-25-41)61-64-54(67)74-32-47(70)58-39-22-18-37(19-23-39)43-27-29-46(77-43)52-63-66-56(68(52)34(2)35-11-6-4-7-12-35)78-49(57)53(72)60-38-13-8-5-9-14-38/h4-23,26-29,31,34,41,49H,3,24-25,30,32-33H2,1-2H3,(H,58,70)(H,59,71)(H,60,72). The van der Waals surface area contributed by atoms with Crippen molar-refractivity contribution >= 4 is 104 Å². The Bertz CT molecular complexity index is 3670. The largest absolute Gasteiger partial charge is 0.325 e. The van der Waals surface area contributed by atoms with Crippen molar-refractivity contribution in [3.8, 4) is 53.0 Å². The zero-order valence-corrected chi connectivity index (χ0v) is 46.9. The van der Waals surface area contributed by atoms with Crippen molar-refractivity contribution in [3.63, 3.8) is 0 Å². The van der Waals surface area contributed by atoms with Gasteiger partial charge in [0.25, 0.3) is 5.91 Å². The minimum Gasteiger partial charge on any atom is -0.325 e. The monoisotopic (exact) mass is 1150 g/mol. The molecule has 1 fully saturated rings. The molecule has 6 aromatic heterocycles. The Balaban J connectivity index is 0.692. The predicted octanol–water partition coefficient (Wildman–Crippen LogP) is 13.8. The first kappa shape index (κ1) is 52.8. The average Bonchev–Trinajstić information content (AvgIpc) is 4.24. The topological polar surface area (TPSA) is 179 Å². The number of thiophene rings is 3. The van der Waals surface area contributed by atoms with Crippen LogP contribution in [0.4, 0.5) is 21.5 Å². The minimum atomic E-state index is -1.93. The fourth-order valence-corrected chi connectivity index (χ4v) is 13.6. The van der Waals surface area contributed by atoms with Crippen molar-refractivity contribution in [1.29, 1.82) is 0 Å². The number of hydrogen-bond acceptors (Lipinski definition) is 15. The Kier molecular flexibility index (Phi) is 16.4. The maximum absolute atomic E-state index is 15.6. The fourth-order valence-electron chi connectivity index (χ4n) is 8.55. The van der Waals surface area contributed by atoms with E-state index < -0.39 is 11.4 Å². The third-order valence-electron chi connectivity index (χ3n) is 12.5. The smallest absolute Gasteiger partial charge is 0.269 e. The molecule has 0 spiro atoms. The summed E-state index contributed by atoms with van der Waals surface area (Å²) in [6, 6.07) is 46.3. The lowest BCUT2D eigenvalue weighted by Crippen LogP contribution is -2.22. The van der Waals surface area contributed by atoms with Gasteiger partial charge in [-0.15, -0.1) is 64.6 Å². The van der Waals surface area contributed by atoms with E-state index in [1.165, 1.54) is 34.9 Å². The highest BCUT2D eigenvalue weighted by atomic mass is 32.2. The van der Waals surface area contributed by atoms with E-state index in [0.29, 0.717) is 52.4 Å². The van der Waals surface area contributed by atoms with Gasteiger partial charge < -0.3 is 20.5 Å². The van der Waals surface area contributed by atoms with Crippen LogP contribution in [-0.2, 0) is 20.9 Å². The SMILES string of the molecule is CCCn1c(SCC(=O)Nc2ccc(-c3ccc(-c4nnc(SC(F)C(=O)Nc5ccccc5)n4C(C)c4ccccc4)s3)cc2)nnc1-c1ccc(-c2ccc(NC(=O)CSc3nnc(-c4cccs4)n3C3CC3)cc2)s1. The average molecular weight is 1150 g/mol. The summed E-state index contributed by atoms with van der Waals surface area (Å²) in [7, 11) is 0. The first-order valence-electron chi connectivity index (χ1n) is 25.0. The van der Waals surface area contributed by atoms with Crippen molar-refractivity contribution in [2.75, 3.05) is 27.5 Å². The molecule has 15 nitrogen and oxygen atoms in total. The summed E-state index contributed by atoms with van der Waals surface area (Å²) in [6.45, 7) is 4.78. The molecule has 3 amide bonds. The number of nitrogens with zero attached hydrogens (tertiary/aromatic N) is 9. The summed E-state index contributed by atoms with van der Waals surface area (Å²) in [5.74, 6) is 1.45. The number of benzene rings is 4. The van der Waals surface area contributed by atoms with Crippen LogP contribution in [-0.4, -0.2) is 79.0 Å². The van der Waals surface area contributed by atoms with E-state index in [9.17, 15) is 14.4 Å². The Morgan fingerprint density at radius 2 is 1.13 bits per heavy atom. The molecule has 2 atom stereocenters. The predicted molar refractivity (Wildman–Crippen MR) is 314 cm³/mol. The number of thioether (sulfide) groups is 3. The molecule has 6 heterocycles. The van der Waals surface area contributed by atoms with Crippen LogP contribution >= 0.6 is 69.3 Å². The van der Waals surface area contributed by atoms with Gasteiger partial charge in [-0.2, -0.15) is 0 Å². The molecule has 0 radical (unpaired) electrons. The highest BCUT2D eigenvalue weighted by Crippen LogP contribution is 2.43. The molecule has 0 aliphatic heterocycles. The second-order valence-corrected chi connectivity index (χ2v) is 24.1. The van der Waals surface area contributed by atoms with Crippen LogP contribution in [0.1, 0.15) is 50.8 Å². The quantitative estimate of drug-likeness (QED) is 0.0548. The lowest BCUT2D eigenvalue weighted by Gasteiger charge is -2.18. The molecule has 10 aromatic rings. The number of aromatic nitrogens is 9. The zero-order chi connectivity index (χ0) is 53.5. The lowest BCUT2D eigenvalue weighted by atomic mass is 10.1. The first-order chi connectivity index (χ1) is 38.1. The van der Waals surface area contributed by atoms with Crippen molar-refractivity contribution in [1.82, 2.24) is 44.3 Å². The number of para-hydroxylation sites is 1. The fraction of sp³-hybridized carbons (Fsp3) is 0.196. The molecule has 3 N–H and O–H groups in total. The summed E-state index contributed by atoms with van der Waals surface area (Å²) in [5, 5.41) is 39.3. The highest BCUT2D eigenvalue weighted by Gasteiger charge is 2.31. The molecule has 1 aliphatic carbocycles. The van der Waals surface area contributed by atoms with Gasteiger partial charge in [0.05, 0.1) is 32.2 Å². The normalized spacial score (nSPS) is 13.1. The molecule has 2 unspecified atom stereocenters. The van der Waals surface area contributed by atoms with Crippen LogP contribution < -0.4 is 16.0 Å². The zero-order valence-electron chi connectivity index (χ0n) is 42.0. The number of rotatable bonds is 22. The molecule has 0 saturated heterocycles. The maximum Gasteiger partial charge on any atom is 0.269 e. The van der Waals surface area contributed by atoms with Crippen molar-refractivity contribution in [2.24, 2.45) is 0 Å². The highest BCUT2D eigenvalue weighted by molar-refractivity contribution is 8.00. The van der Waals surface area contributed by atoms with Crippen LogP contribution in [0.3, 0.4) is 0 Å². The summed E-state index contributed by atoms with van der Waals surface area (Å²) in [4.78, 5) is 44.1. The summed E-state index contributed by atoms with van der Waals surface area (Å²) in [5.41, 5.74) is 2.87. The molecule has 22 heteroatoms. The Hall–Kier alpha value is -7.21. The van der Waals surface area contributed by atoms with Gasteiger partial charge in [0.1, 0.15) is 0 Å². The Morgan fingerprint density at radius 3 is 1.73 bits per heavy atom. The minimum absolute atomic E-state index is 0.111. The van der Waals surface area contributed by atoms with E-state index >= 15 is 4.39 Å². The molecular formula is C56H49FN12O3S6. The third-order valence-corrected chi connectivity index (χ3v) is 18.4. The van der Waals surface area contributed by atoms with Gasteiger partial charge in [-0.25, -0.2) is 4.39 Å². The van der Waals surface area contributed by atoms with Crippen LogP contribution in [0.2, 0.25) is 0 Å². The molecule has 1 saturated carbocycles. The number of alkyl halides is 1. The van der Waals surface area contributed by atoms with Gasteiger partial charge >= 0.3 is 0 Å². The van der Waals surface area contributed by atoms with Crippen LogP contribution in [0.25, 0.3) is 53.0 Å². The van der Waals surface area contributed by atoms with E-state index in [2.05, 4.69) is 74.7 Å². The third kappa shape index (κ3) is 12.2. The second kappa shape index (κ2) is 24.2. The van der Waals surface area contributed by atoms with Crippen LogP contribution in [0.15, 0.2) is 166 Å². The number of anilines is 3. The van der Waals surface area contributed by atoms with Gasteiger partial charge in [-0.1, -0.05) is 109 Å². The molecular weight excluding hydrogens is 1100 g/mol. The van der Waals surface area contributed by atoms with Gasteiger partial charge in [-0.3, -0.25) is 23.5 Å². The van der Waals surface area contributed by atoms with E-state index in [0.717, 1.165) is 77.1 Å². The summed E-state index contributed by atoms with van der Waals surface area (Å²) < 4.78 is 21.7. The molecule has 4 aromatic carbocycles.